The number of carbonyl (C=O) groups excluding carboxylic acids is 2. The number of amides is 2. The minimum Gasteiger partial charge on any atom is -0.388 e. The van der Waals surface area contributed by atoms with Crippen molar-refractivity contribution in [2.45, 2.75) is 37.4 Å². The van der Waals surface area contributed by atoms with E-state index in [-0.39, 0.29) is 24.8 Å². The van der Waals surface area contributed by atoms with Crippen LogP contribution in [0.2, 0.25) is 0 Å². The standard InChI is InChI=1S/C22H28N4O5/c1-26(2)16-7-5-15(6-8-16)22(30)25-13-18-21(29)20(28)17(31-18)10-19(27)24-12-14-4-3-9-23-11-14/h3-9,11,17-18,20-21,28-29H,10,12-13H2,1-2H3,(H,24,27)(H,25,30)/t17-,18-,20-,21+/m0/s1. The smallest absolute Gasteiger partial charge is 0.251 e. The van der Waals surface area contributed by atoms with Gasteiger partial charge in [0.2, 0.25) is 5.91 Å². The van der Waals surface area contributed by atoms with Crippen molar-refractivity contribution in [2.24, 2.45) is 0 Å². The lowest BCUT2D eigenvalue weighted by molar-refractivity contribution is -0.125. The molecule has 1 saturated heterocycles. The van der Waals surface area contributed by atoms with Gasteiger partial charge in [0.1, 0.15) is 18.3 Å². The highest BCUT2D eigenvalue weighted by atomic mass is 16.5. The summed E-state index contributed by atoms with van der Waals surface area (Å²) >= 11 is 0. The summed E-state index contributed by atoms with van der Waals surface area (Å²) in [6.07, 6.45) is -0.890. The summed E-state index contributed by atoms with van der Waals surface area (Å²) in [6.45, 7) is 0.324. The zero-order valence-electron chi connectivity index (χ0n) is 17.6. The molecule has 166 valence electrons. The van der Waals surface area contributed by atoms with Crippen LogP contribution < -0.4 is 15.5 Å². The van der Waals surface area contributed by atoms with E-state index in [1.54, 1.807) is 30.6 Å². The lowest BCUT2D eigenvalue weighted by Gasteiger charge is -2.16. The fourth-order valence-electron chi connectivity index (χ4n) is 3.33. The van der Waals surface area contributed by atoms with Crippen molar-refractivity contribution >= 4 is 17.5 Å². The summed E-state index contributed by atoms with van der Waals surface area (Å²) in [6, 6.07) is 10.7. The molecule has 1 aromatic carbocycles. The molecule has 0 spiro atoms. The Morgan fingerprint density at radius 3 is 2.42 bits per heavy atom. The van der Waals surface area contributed by atoms with Crippen LogP contribution in [-0.2, 0) is 16.1 Å². The molecule has 2 aromatic rings. The number of aliphatic hydroxyl groups is 2. The van der Waals surface area contributed by atoms with Crippen LogP contribution in [0.3, 0.4) is 0 Å². The lowest BCUT2D eigenvalue weighted by Crippen LogP contribution is -2.40. The van der Waals surface area contributed by atoms with Crippen molar-refractivity contribution < 1.29 is 24.5 Å². The van der Waals surface area contributed by atoms with Gasteiger partial charge in [-0.1, -0.05) is 6.07 Å². The first-order valence-corrected chi connectivity index (χ1v) is 10.1. The Kier molecular flexibility index (Phi) is 7.56. The second-order valence-corrected chi connectivity index (χ2v) is 7.69. The van der Waals surface area contributed by atoms with E-state index >= 15 is 0 Å². The predicted molar refractivity (Wildman–Crippen MR) is 114 cm³/mol. The van der Waals surface area contributed by atoms with Crippen LogP contribution >= 0.6 is 0 Å². The molecule has 0 saturated carbocycles. The molecule has 4 atom stereocenters. The summed E-state index contributed by atoms with van der Waals surface area (Å²) in [5.74, 6) is -0.626. The summed E-state index contributed by atoms with van der Waals surface area (Å²) < 4.78 is 5.65. The molecule has 1 aromatic heterocycles. The number of carbonyl (C=O) groups is 2. The number of nitrogens with one attached hydrogen (secondary N) is 2. The number of ether oxygens (including phenoxy) is 1. The number of benzene rings is 1. The second-order valence-electron chi connectivity index (χ2n) is 7.69. The van der Waals surface area contributed by atoms with Gasteiger partial charge >= 0.3 is 0 Å². The largest absolute Gasteiger partial charge is 0.388 e. The Hall–Kier alpha value is -3.01. The van der Waals surface area contributed by atoms with E-state index in [1.165, 1.54) is 0 Å². The SMILES string of the molecule is CN(C)c1ccc(C(=O)NC[C@@H]2O[C@@H](CC(=O)NCc3cccnc3)[C@H](O)[C@@H]2O)cc1. The third-order valence-corrected chi connectivity index (χ3v) is 5.17. The molecule has 2 amide bonds. The van der Waals surface area contributed by atoms with E-state index in [0.29, 0.717) is 12.1 Å². The van der Waals surface area contributed by atoms with Crippen LogP contribution in [0, 0.1) is 0 Å². The van der Waals surface area contributed by atoms with E-state index in [2.05, 4.69) is 15.6 Å². The maximum absolute atomic E-state index is 12.4. The third-order valence-electron chi connectivity index (χ3n) is 5.17. The van der Waals surface area contributed by atoms with Gasteiger partial charge < -0.3 is 30.5 Å². The molecule has 31 heavy (non-hydrogen) atoms. The molecule has 2 heterocycles. The minimum atomic E-state index is -1.22. The highest BCUT2D eigenvalue weighted by molar-refractivity contribution is 5.94. The number of anilines is 1. The highest BCUT2D eigenvalue weighted by Gasteiger charge is 2.43. The molecule has 0 bridgehead atoms. The van der Waals surface area contributed by atoms with Gasteiger partial charge in [-0.2, -0.15) is 0 Å². The molecule has 1 aliphatic rings. The van der Waals surface area contributed by atoms with Gasteiger partial charge in [-0.3, -0.25) is 14.6 Å². The van der Waals surface area contributed by atoms with Crippen molar-refractivity contribution in [2.75, 3.05) is 25.5 Å². The van der Waals surface area contributed by atoms with Gasteiger partial charge in [-0.05, 0) is 35.9 Å². The Morgan fingerprint density at radius 1 is 1.06 bits per heavy atom. The van der Waals surface area contributed by atoms with Gasteiger partial charge in [0.15, 0.2) is 0 Å². The number of nitrogens with zero attached hydrogens (tertiary/aromatic N) is 2. The van der Waals surface area contributed by atoms with Crippen LogP contribution in [0.1, 0.15) is 22.3 Å². The van der Waals surface area contributed by atoms with E-state index in [4.69, 9.17) is 4.74 Å². The summed E-state index contributed by atoms with van der Waals surface area (Å²) in [5.41, 5.74) is 2.30. The zero-order valence-corrected chi connectivity index (χ0v) is 17.6. The molecule has 0 unspecified atom stereocenters. The van der Waals surface area contributed by atoms with Crippen molar-refractivity contribution in [1.82, 2.24) is 15.6 Å². The number of hydrogen-bond acceptors (Lipinski definition) is 7. The van der Waals surface area contributed by atoms with Gasteiger partial charge in [-0.15, -0.1) is 0 Å². The Bertz CT molecular complexity index is 875. The van der Waals surface area contributed by atoms with Crippen LogP contribution in [0.4, 0.5) is 5.69 Å². The molecule has 1 aliphatic heterocycles. The molecular weight excluding hydrogens is 400 g/mol. The predicted octanol–water partition coefficient (Wildman–Crippen LogP) is 0.0731. The first kappa shape index (κ1) is 22.7. The average molecular weight is 428 g/mol. The van der Waals surface area contributed by atoms with Crippen LogP contribution in [0.25, 0.3) is 0 Å². The topological polar surface area (TPSA) is 124 Å². The third kappa shape index (κ3) is 6.00. The van der Waals surface area contributed by atoms with Crippen LogP contribution in [-0.4, -0.2) is 72.1 Å². The summed E-state index contributed by atoms with van der Waals surface area (Å²) in [5, 5.41) is 25.9. The quantitative estimate of drug-likeness (QED) is 0.469. The summed E-state index contributed by atoms with van der Waals surface area (Å²) in [4.78, 5) is 30.4. The molecule has 4 N–H and O–H groups in total. The van der Waals surface area contributed by atoms with E-state index in [0.717, 1.165) is 11.3 Å². The monoisotopic (exact) mass is 428 g/mol. The molecule has 3 rings (SSSR count). The number of rotatable bonds is 8. The molecule has 0 radical (unpaired) electrons. The average Bonchev–Trinajstić information content (AvgIpc) is 3.04. The van der Waals surface area contributed by atoms with Gasteiger partial charge in [0.25, 0.3) is 5.91 Å². The molecule has 0 aliphatic carbocycles. The number of aromatic nitrogens is 1. The Labute approximate surface area is 181 Å². The molecule has 9 nitrogen and oxygen atoms in total. The van der Waals surface area contributed by atoms with Gasteiger partial charge in [-0.25, -0.2) is 0 Å². The van der Waals surface area contributed by atoms with Crippen molar-refractivity contribution in [3.05, 3.63) is 59.9 Å². The van der Waals surface area contributed by atoms with Gasteiger partial charge in [0, 0.05) is 50.8 Å². The Morgan fingerprint density at radius 2 is 1.77 bits per heavy atom. The molecule has 9 heteroatoms. The number of aliphatic hydroxyl groups excluding tert-OH is 2. The summed E-state index contributed by atoms with van der Waals surface area (Å²) in [7, 11) is 3.82. The first-order chi connectivity index (χ1) is 14.8. The number of pyridine rings is 1. The molecular formula is C22H28N4O5. The minimum absolute atomic E-state index is 0.0142. The van der Waals surface area contributed by atoms with Crippen LogP contribution in [0.5, 0.6) is 0 Å². The van der Waals surface area contributed by atoms with E-state index < -0.39 is 24.4 Å². The van der Waals surface area contributed by atoms with Crippen molar-refractivity contribution in [3.8, 4) is 0 Å². The van der Waals surface area contributed by atoms with E-state index in [9.17, 15) is 19.8 Å². The maximum atomic E-state index is 12.4. The maximum Gasteiger partial charge on any atom is 0.251 e. The van der Waals surface area contributed by atoms with Crippen molar-refractivity contribution in [1.29, 1.82) is 0 Å². The fraction of sp³-hybridized carbons (Fsp3) is 0.409. The van der Waals surface area contributed by atoms with Crippen molar-refractivity contribution in [3.63, 3.8) is 0 Å². The highest BCUT2D eigenvalue weighted by Crippen LogP contribution is 2.23. The zero-order chi connectivity index (χ0) is 22.4. The normalized spacial score (nSPS) is 22.7. The second kappa shape index (κ2) is 10.3. The molecule has 1 fully saturated rings. The fourth-order valence-corrected chi connectivity index (χ4v) is 3.33. The van der Waals surface area contributed by atoms with E-state index in [1.807, 2.05) is 37.2 Å². The number of hydrogen-bond donors (Lipinski definition) is 4. The first-order valence-electron chi connectivity index (χ1n) is 10.1. The van der Waals surface area contributed by atoms with Crippen LogP contribution in [0.15, 0.2) is 48.8 Å². The Balaban J connectivity index is 1.47. The lowest BCUT2D eigenvalue weighted by atomic mass is 10.1. The van der Waals surface area contributed by atoms with Gasteiger partial charge in [0.05, 0.1) is 12.5 Å².